The molecule has 0 aliphatic carbocycles. The molecule has 0 heterocycles. The van der Waals surface area contributed by atoms with E-state index in [-0.39, 0.29) is 0 Å². The SMILES string of the molecule is Cc1ccc([C@@H](C[N+](=O)[O-])C(C(=O)OC(C)(C)C)C(=O)OC(C)(C)C)cc1. The molecule has 1 rings (SSSR count). The molecule has 0 aliphatic heterocycles. The Balaban J connectivity index is 3.39. The summed E-state index contributed by atoms with van der Waals surface area (Å²) in [7, 11) is 0. The predicted molar refractivity (Wildman–Crippen MR) is 101 cm³/mol. The van der Waals surface area contributed by atoms with Crippen molar-refractivity contribution in [3.8, 4) is 0 Å². The van der Waals surface area contributed by atoms with Gasteiger partial charge in [-0.2, -0.15) is 0 Å². The standard InChI is InChI=1S/C20H29NO6/c1-13-8-10-14(11-9-13)15(12-21(24)25)16(17(22)26-19(2,3)4)18(23)27-20(5,6)7/h8-11,15-16H,12H2,1-7H3/t15-/m1/s1. The number of hydrogen-bond donors (Lipinski definition) is 0. The summed E-state index contributed by atoms with van der Waals surface area (Å²) in [5, 5.41) is 11.3. The van der Waals surface area contributed by atoms with Gasteiger partial charge in [-0.1, -0.05) is 29.8 Å². The van der Waals surface area contributed by atoms with Crippen molar-refractivity contribution in [2.24, 2.45) is 5.92 Å². The zero-order chi connectivity index (χ0) is 21.0. The molecule has 0 aromatic heterocycles. The van der Waals surface area contributed by atoms with Gasteiger partial charge in [-0.05, 0) is 54.0 Å². The lowest BCUT2D eigenvalue weighted by atomic mass is 9.85. The summed E-state index contributed by atoms with van der Waals surface area (Å²) >= 11 is 0. The lowest BCUT2D eigenvalue weighted by Crippen LogP contribution is -2.41. The van der Waals surface area contributed by atoms with Crippen molar-refractivity contribution in [1.82, 2.24) is 0 Å². The Bertz CT molecular complexity index is 654. The van der Waals surface area contributed by atoms with Crippen molar-refractivity contribution in [3.63, 3.8) is 0 Å². The zero-order valence-corrected chi connectivity index (χ0v) is 17.1. The molecule has 27 heavy (non-hydrogen) atoms. The summed E-state index contributed by atoms with van der Waals surface area (Å²) in [6.07, 6.45) is 0. The van der Waals surface area contributed by atoms with Crippen LogP contribution in [0.3, 0.4) is 0 Å². The third kappa shape index (κ3) is 7.76. The molecule has 7 nitrogen and oxygen atoms in total. The Hall–Kier alpha value is -2.44. The summed E-state index contributed by atoms with van der Waals surface area (Å²) in [6, 6.07) is 6.93. The van der Waals surface area contributed by atoms with E-state index in [1.54, 1.807) is 65.8 Å². The second-order valence-electron chi connectivity index (χ2n) is 8.58. The van der Waals surface area contributed by atoms with Gasteiger partial charge in [0.05, 0.1) is 5.92 Å². The van der Waals surface area contributed by atoms with Crippen molar-refractivity contribution in [3.05, 3.63) is 45.5 Å². The number of carbonyl (C=O) groups excluding carboxylic acids is 2. The molecule has 0 amide bonds. The Kier molecular flexibility index (Phi) is 7.11. The number of benzene rings is 1. The third-order valence-corrected chi connectivity index (χ3v) is 3.58. The lowest BCUT2D eigenvalue weighted by molar-refractivity contribution is -0.484. The first-order valence-electron chi connectivity index (χ1n) is 8.84. The topological polar surface area (TPSA) is 95.7 Å². The quantitative estimate of drug-likeness (QED) is 0.324. The van der Waals surface area contributed by atoms with Crippen molar-refractivity contribution in [2.45, 2.75) is 65.6 Å². The van der Waals surface area contributed by atoms with E-state index in [1.807, 2.05) is 6.92 Å². The average molecular weight is 379 g/mol. The van der Waals surface area contributed by atoms with E-state index < -0.39 is 46.4 Å². The highest BCUT2D eigenvalue weighted by Gasteiger charge is 2.43. The monoisotopic (exact) mass is 379 g/mol. The first-order chi connectivity index (χ1) is 12.2. The average Bonchev–Trinajstić information content (AvgIpc) is 2.43. The van der Waals surface area contributed by atoms with Gasteiger partial charge in [0.2, 0.25) is 6.54 Å². The maximum absolute atomic E-state index is 12.8. The van der Waals surface area contributed by atoms with Crippen LogP contribution in [0.5, 0.6) is 0 Å². The molecule has 0 aliphatic rings. The molecule has 0 unspecified atom stereocenters. The van der Waals surface area contributed by atoms with E-state index in [2.05, 4.69) is 0 Å². The Morgan fingerprint density at radius 2 is 1.37 bits per heavy atom. The molecule has 0 N–H and O–H groups in total. The maximum atomic E-state index is 12.8. The minimum atomic E-state index is -1.43. The molecular weight excluding hydrogens is 350 g/mol. The third-order valence-electron chi connectivity index (χ3n) is 3.58. The van der Waals surface area contributed by atoms with Crippen LogP contribution in [-0.2, 0) is 19.1 Å². The molecule has 1 atom stereocenters. The van der Waals surface area contributed by atoms with Crippen LogP contribution in [0.4, 0.5) is 0 Å². The predicted octanol–water partition coefficient (Wildman–Crippen LogP) is 3.65. The number of nitrogens with zero attached hydrogens (tertiary/aromatic N) is 1. The zero-order valence-electron chi connectivity index (χ0n) is 17.1. The smallest absolute Gasteiger partial charge is 0.321 e. The van der Waals surface area contributed by atoms with E-state index in [9.17, 15) is 19.7 Å². The van der Waals surface area contributed by atoms with Crippen LogP contribution in [0.25, 0.3) is 0 Å². The summed E-state index contributed by atoms with van der Waals surface area (Å²) < 4.78 is 10.8. The lowest BCUT2D eigenvalue weighted by Gasteiger charge is -2.29. The van der Waals surface area contributed by atoms with Gasteiger partial charge in [0.25, 0.3) is 0 Å². The molecule has 1 aromatic rings. The molecule has 0 fully saturated rings. The van der Waals surface area contributed by atoms with Gasteiger partial charge >= 0.3 is 11.9 Å². The second kappa shape index (κ2) is 8.50. The van der Waals surface area contributed by atoms with Crippen LogP contribution in [0.15, 0.2) is 24.3 Å². The molecule has 0 radical (unpaired) electrons. The van der Waals surface area contributed by atoms with Crippen LogP contribution in [0.2, 0.25) is 0 Å². The van der Waals surface area contributed by atoms with Gasteiger partial charge in [0.1, 0.15) is 11.2 Å². The number of ether oxygens (including phenoxy) is 2. The van der Waals surface area contributed by atoms with Crippen molar-refractivity contribution in [1.29, 1.82) is 0 Å². The number of rotatable bonds is 6. The van der Waals surface area contributed by atoms with Crippen LogP contribution in [0.1, 0.15) is 58.6 Å². The summed E-state index contributed by atoms with van der Waals surface area (Å²) in [5.41, 5.74) is -0.211. The molecule has 0 saturated heterocycles. The van der Waals surface area contributed by atoms with Crippen molar-refractivity contribution >= 4 is 11.9 Å². The Labute approximate surface area is 160 Å². The first-order valence-corrected chi connectivity index (χ1v) is 8.84. The van der Waals surface area contributed by atoms with Gasteiger partial charge in [-0.25, -0.2) is 0 Å². The van der Waals surface area contributed by atoms with Crippen molar-refractivity contribution in [2.75, 3.05) is 6.54 Å². The molecule has 1 aromatic carbocycles. The van der Waals surface area contributed by atoms with E-state index in [0.29, 0.717) is 5.56 Å². The van der Waals surface area contributed by atoms with Gasteiger partial charge in [-0.15, -0.1) is 0 Å². The Morgan fingerprint density at radius 1 is 0.963 bits per heavy atom. The normalized spacial score (nSPS) is 13.2. The van der Waals surface area contributed by atoms with Crippen LogP contribution >= 0.6 is 0 Å². The number of carbonyl (C=O) groups is 2. The van der Waals surface area contributed by atoms with E-state index in [1.165, 1.54) is 0 Å². The second-order valence-corrected chi connectivity index (χ2v) is 8.58. The number of aryl methyl sites for hydroxylation is 1. The van der Waals surface area contributed by atoms with E-state index in [0.717, 1.165) is 5.56 Å². The van der Waals surface area contributed by atoms with E-state index >= 15 is 0 Å². The molecular formula is C20H29NO6. The minimum absolute atomic E-state index is 0.513. The van der Waals surface area contributed by atoms with Crippen molar-refractivity contribution < 1.29 is 24.0 Å². The molecule has 7 heteroatoms. The Morgan fingerprint density at radius 3 is 1.70 bits per heavy atom. The van der Waals surface area contributed by atoms with Crippen LogP contribution in [-0.4, -0.2) is 34.6 Å². The highest BCUT2D eigenvalue weighted by molar-refractivity contribution is 5.96. The summed E-state index contributed by atoms with van der Waals surface area (Å²) in [6.45, 7) is 11.3. The molecule has 0 spiro atoms. The number of esters is 2. The maximum Gasteiger partial charge on any atom is 0.321 e. The molecule has 0 saturated carbocycles. The van der Waals surface area contributed by atoms with Gasteiger partial charge in [0, 0.05) is 4.92 Å². The highest BCUT2D eigenvalue weighted by Crippen LogP contribution is 2.30. The molecule has 0 bridgehead atoms. The number of hydrogen-bond acceptors (Lipinski definition) is 6. The van der Waals surface area contributed by atoms with Crippen LogP contribution in [0, 0.1) is 23.0 Å². The fraction of sp³-hybridized carbons (Fsp3) is 0.600. The largest absolute Gasteiger partial charge is 0.459 e. The number of nitro groups is 1. The first kappa shape index (κ1) is 22.6. The summed E-state index contributed by atoms with van der Waals surface area (Å²) in [5.74, 6) is -4.09. The van der Waals surface area contributed by atoms with Gasteiger partial charge < -0.3 is 9.47 Å². The highest BCUT2D eigenvalue weighted by atomic mass is 16.6. The van der Waals surface area contributed by atoms with Gasteiger partial charge in [0.15, 0.2) is 5.92 Å². The summed E-state index contributed by atoms with van der Waals surface area (Å²) in [4.78, 5) is 36.3. The fourth-order valence-corrected chi connectivity index (χ4v) is 2.53. The van der Waals surface area contributed by atoms with Gasteiger partial charge in [-0.3, -0.25) is 19.7 Å². The van der Waals surface area contributed by atoms with Crippen LogP contribution < -0.4 is 0 Å². The van der Waals surface area contributed by atoms with E-state index in [4.69, 9.17) is 9.47 Å². The fourth-order valence-electron chi connectivity index (χ4n) is 2.53. The molecule has 150 valence electrons. The minimum Gasteiger partial charge on any atom is -0.459 e.